The summed E-state index contributed by atoms with van der Waals surface area (Å²) >= 11 is 0. The van der Waals surface area contributed by atoms with Crippen LogP contribution in [0.1, 0.15) is 60.3 Å². The Balaban J connectivity index is 2.73. The van der Waals surface area contributed by atoms with Crippen molar-refractivity contribution in [3.63, 3.8) is 0 Å². The van der Waals surface area contributed by atoms with Gasteiger partial charge in [-0.05, 0) is 39.0 Å². The van der Waals surface area contributed by atoms with Gasteiger partial charge in [-0.1, -0.05) is 31.9 Å². The SMILES string of the molecule is CC1=C(C)C[C@](C)(C(=O)CC(C)C)CC1. The van der Waals surface area contributed by atoms with Crippen LogP contribution in [-0.2, 0) is 4.79 Å². The van der Waals surface area contributed by atoms with Crippen LogP contribution >= 0.6 is 0 Å². The van der Waals surface area contributed by atoms with Gasteiger partial charge in [0, 0.05) is 11.8 Å². The fourth-order valence-electron chi connectivity index (χ4n) is 2.36. The third-order valence-corrected chi connectivity index (χ3v) is 3.70. The van der Waals surface area contributed by atoms with E-state index in [2.05, 4.69) is 34.6 Å². The number of hydrogen-bond donors (Lipinski definition) is 0. The summed E-state index contributed by atoms with van der Waals surface area (Å²) in [5, 5.41) is 0. The minimum Gasteiger partial charge on any atom is -0.299 e. The summed E-state index contributed by atoms with van der Waals surface area (Å²) in [6, 6.07) is 0. The Labute approximate surface area is 93.9 Å². The van der Waals surface area contributed by atoms with Crippen molar-refractivity contribution in [3.05, 3.63) is 11.1 Å². The normalized spacial score (nSPS) is 27.3. The van der Waals surface area contributed by atoms with E-state index in [-0.39, 0.29) is 5.41 Å². The lowest BCUT2D eigenvalue weighted by Gasteiger charge is -2.34. The van der Waals surface area contributed by atoms with Crippen LogP contribution in [0.4, 0.5) is 0 Å². The van der Waals surface area contributed by atoms with E-state index in [4.69, 9.17) is 0 Å². The molecular formula is C14H24O. The van der Waals surface area contributed by atoms with Gasteiger partial charge in [-0.15, -0.1) is 0 Å². The van der Waals surface area contributed by atoms with Crippen molar-refractivity contribution >= 4 is 5.78 Å². The average Bonchev–Trinajstić information content (AvgIpc) is 2.11. The Bertz CT molecular complexity index is 286. The van der Waals surface area contributed by atoms with E-state index in [0.29, 0.717) is 11.7 Å². The van der Waals surface area contributed by atoms with Crippen molar-refractivity contribution in [2.24, 2.45) is 11.3 Å². The van der Waals surface area contributed by atoms with Crippen molar-refractivity contribution in [2.45, 2.75) is 60.3 Å². The van der Waals surface area contributed by atoms with Gasteiger partial charge in [0.15, 0.2) is 0 Å². The predicted octanol–water partition coefficient (Wildman–Crippen LogP) is 4.13. The predicted molar refractivity (Wildman–Crippen MR) is 64.8 cm³/mol. The fourth-order valence-corrected chi connectivity index (χ4v) is 2.36. The van der Waals surface area contributed by atoms with Gasteiger partial charge in [0.05, 0.1) is 0 Å². The second-order valence-corrected chi connectivity index (χ2v) is 5.82. The van der Waals surface area contributed by atoms with Crippen LogP contribution in [0.5, 0.6) is 0 Å². The fraction of sp³-hybridized carbons (Fsp3) is 0.786. The summed E-state index contributed by atoms with van der Waals surface area (Å²) in [7, 11) is 0. The van der Waals surface area contributed by atoms with Gasteiger partial charge in [0.25, 0.3) is 0 Å². The summed E-state index contributed by atoms with van der Waals surface area (Å²) < 4.78 is 0. The molecule has 1 nitrogen and oxygen atoms in total. The second kappa shape index (κ2) is 4.51. The minimum absolute atomic E-state index is 0.0755. The first-order valence-corrected chi connectivity index (χ1v) is 6.03. The van der Waals surface area contributed by atoms with Crippen molar-refractivity contribution in [1.82, 2.24) is 0 Å². The van der Waals surface area contributed by atoms with Gasteiger partial charge in [-0.2, -0.15) is 0 Å². The molecule has 0 radical (unpaired) electrons. The van der Waals surface area contributed by atoms with Crippen molar-refractivity contribution in [1.29, 1.82) is 0 Å². The maximum absolute atomic E-state index is 12.2. The standard InChI is InChI=1S/C14H24O/c1-10(2)8-13(15)14(5)7-6-11(3)12(4)9-14/h10H,6-9H2,1-5H3/t14-/m1/s1. The molecule has 0 unspecified atom stereocenters. The van der Waals surface area contributed by atoms with Crippen LogP contribution in [0.25, 0.3) is 0 Å². The maximum Gasteiger partial charge on any atom is 0.139 e. The number of hydrogen-bond acceptors (Lipinski definition) is 1. The highest BCUT2D eigenvalue weighted by Crippen LogP contribution is 2.40. The summed E-state index contributed by atoms with van der Waals surface area (Å²) in [4.78, 5) is 12.2. The molecule has 0 spiro atoms. The summed E-state index contributed by atoms with van der Waals surface area (Å²) in [6.07, 6.45) is 3.86. The Morgan fingerprint density at radius 2 is 1.93 bits per heavy atom. The highest BCUT2D eigenvalue weighted by Gasteiger charge is 2.35. The first-order valence-electron chi connectivity index (χ1n) is 6.03. The molecule has 0 amide bonds. The first-order chi connectivity index (χ1) is 6.85. The largest absolute Gasteiger partial charge is 0.299 e. The van der Waals surface area contributed by atoms with Gasteiger partial charge >= 0.3 is 0 Å². The van der Waals surface area contributed by atoms with Gasteiger partial charge in [-0.3, -0.25) is 4.79 Å². The van der Waals surface area contributed by atoms with E-state index < -0.39 is 0 Å². The van der Waals surface area contributed by atoms with E-state index in [1.165, 1.54) is 11.1 Å². The van der Waals surface area contributed by atoms with Crippen molar-refractivity contribution in [2.75, 3.05) is 0 Å². The van der Waals surface area contributed by atoms with Crippen molar-refractivity contribution in [3.8, 4) is 0 Å². The Morgan fingerprint density at radius 3 is 2.40 bits per heavy atom. The molecule has 0 saturated carbocycles. The third kappa shape index (κ3) is 2.93. The molecule has 1 aliphatic carbocycles. The molecule has 0 aromatic heterocycles. The quantitative estimate of drug-likeness (QED) is 0.637. The molecule has 0 fully saturated rings. The molecule has 0 N–H and O–H groups in total. The molecule has 0 bridgehead atoms. The van der Waals surface area contributed by atoms with Gasteiger partial charge in [0.1, 0.15) is 5.78 Å². The molecule has 1 rings (SSSR count). The topological polar surface area (TPSA) is 17.1 Å². The van der Waals surface area contributed by atoms with E-state index in [1.54, 1.807) is 0 Å². The lowest BCUT2D eigenvalue weighted by atomic mass is 9.69. The lowest BCUT2D eigenvalue weighted by molar-refractivity contribution is -0.129. The Kier molecular flexibility index (Phi) is 3.75. The number of carbonyl (C=O) groups is 1. The Morgan fingerprint density at radius 1 is 1.33 bits per heavy atom. The molecule has 0 aliphatic heterocycles. The zero-order valence-electron chi connectivity index (χ0n) is 10.8. The minimum atomic E-state index is -0.0755. The number of rotatable bonds is 3. The molecule has 1 atom stereocenters. The number of carbonyl (C=O) groups excluding carboxylic acids is 1. The molecule has 15 heavy (non-hydrogen) atoms. The zero-order chi connectivity index (χ0) is 11.6. The van der Waals surface area contributed by atoms with E-state index in [0.717, 1.165) is 25.7 Å². The zero-order valence-corrected chi connectivity index (χ0v) is 10.8. The smallest absolute Gasteiger partial charge is 0.139 e. The average molecular weight is 208 g/mol. The van der Waals surface area contributed by atoms with E-state index in [9.17, 15) is 4.79 Å². The third-order valence-electron chi connectivity index (χ3n) is 3.70. The van der Waals surface area contributed by atoms with Crippen LogP contribution < -0.4 is 0 Å². The second-order valence-electron chi connectivity index (χ2n) is 5.82. The molecule has 86 valence electrons. The van der Waals surface area contributed by atoms with Crippen LogP contribution in [0, 0.1) is 11.3 Å². The molecule has 0 aromatic rings. The monoisotopic (exact) mass is 208 g/mol. The molecule has 1 heteroatoms. The number of Topliss-reactive ketones (excluding diaryl/α,β-unsaturated/α-hetero) is 1. The van der Waals surface area contributed by atoms with E-state index in [1.807, 2.05) is 0 Å². The Hall–Kier alpha value is -0.590. The highest BCUT2D eigenvalue weighted by atomic mass is 16.1. The molecular weight excluding hydrogens is 184 g/mol. The van der Waals surface area contributed by atoms with Crippen molar-refractivity contribution < 1.29 is 4.79 Å². The van der Waals surface area contributed by atoms with Crippen LogP contribution in [0.15, 0.2) is 11.1 Å². The molecule has 0 heterocycles. The van der Waals surface area contributed by atoms with Gasteiger partial charge < -0.3 is 0 Å². The number of allylic oxidation sites excluding steroid dienone is 2. The van der Waals surface area contributed by atoms with Crippen LogP contribution in [0.3, 0.4) is 0 Å². The number of ketones is 1. The van der Waals surface area contributed by atoms with Gasteiger partial charge in [0.2, 0.25) is 0 Å². The summed E-state index contributed by atoms with van der Waals surface area (Å²) in [6.45, 7) is 10.8. The summed E-state index contributed by atoms with van der Waals surface area (Å²) in [5.74, 6) is 0.950. The molecule has 0 saturated heterocycles. The van der Waals surface area contributed by atoms with Gasteiger partial charge in [-0.25, -0.2) is 0 Å². The maximum atomic E-state index is 12.2. The highest BCUT2D eigenvalue weighted by molar-refractivity contribution is 5.85. The lowest BCUT2D eigenvalue weighted by Crippen LogP contribution is -2.31. The summed E-state index contributed by atoms with van der Waals surface area (Å²) in [5.41, 5.74) is 2.85. The molecule has 0 aromatic carbocycles. The van der Waals surface area contributed by atoms with Crippen LogP contribution in [-0.4, -0.2) is 5.78 Å². The van der Waals surface area contributed by atoms with E-state index >= 15 is 0 Å². The van der Waals surface area contributed by atoms with Crippen LogP contribution in [0.2, 0.25) is 0 Å². The first kappa shape index (κ1) is 12.5. The molecule has 1 aliphatic rings.